The Bertz CT molecular complexity index is 380. The molecule has 0 radical (unpaired) electrons. The molecule has 1 aromatic rings. The Balaban J connectivity index is 2.76. The third kappa shape index (κ3) is 2.90. The highest BCUT2D eigenvalue weighted by Gasteiger charge is 2.19. The molecule has 0 aliphatic heterocycles. The molecule has 15 heavy (non-hydrogen) atoms. The number of rotatable bonds is 4. The fourth-order valence-electron chi connectivity index (χ4n) is 0.979. The van der Waals surface area contributed by atoms with Crippen molar-refractivity contribution in [2.75, 3.05) is 18.9 Å². The van der Waals surface area contributed by atoms with Crippen molar-refractivity contribution in [3.05, 3.63) is 28.4 Å². The van der Waals surface area contributed by atoms with E-state index in [9.17, 15) is 14.9 Å². The van der Waals surface area contributed by atoms with E-state index in [1.54, 1.807) is 6.20 Å². The number of nitro groups is 1. The molecule has 1 aromatic heterocycles. The number of likely N-dealkylation sites (N-methyl/N-ethyl adjacent to an activating group) is 1. The van der Waals surface area contributed by atoms with Crippen LogP contribution in [0.25, 0.3) is 0 Å². The van der Waals surface area contributed by atoms with Crippen LogP contribution in [0.1, 0.15) is 0 Å². The summed E-state index contributed by atoms with van der Waals surface area (Å²) in [7, 11) is 1.49. The van der Waals surface area contributed by atoms with Crippen LogP contribution in [0, 0.1) is 10.1 Å². The van der Waals surface area contributed by atoms with Crippen molar-refractivity contribution in [3.8, 4) is 0 Å². The number of H-pyrrole nitrogens is 1. The van der Waals surface area contributed by atoms with Crippen molar-refractivity contribution in [1.82, 2.24) is 5.32 Å². The number of carbonyl (C=O) groups is 1. The van der Waals surface area contributed by atoms with Gasteiger partial charge in [0.05, 0.1) is 11.1 Å². The van der Waals surface area contributed by atoms with E-state index in [4.69, 9.17) is 0 Å². The Morgan fingerprint density at radius 2 is 2.40 bits per heavy atom. The first-order valence-corrected chi connectivity index (χ1v) is 4.24. The molecule has 0 fully saturated rings. The van der Waals surface area contributed by atoms with Gasteiger partial charge in [0.25, 0.3) is 5.91 Å². The first-order valence-electron chi connectivity index (χ1n) is 4.24. The van der Waals surface area contributed by atoms with E-state index in [2.05, 4.69) is 15.6 Å². The van der Waals surface area contributed by atoms with Gasteiger partial charge in [-0.05, 0) is 6.07 Å². The second-order valence-corrected chi connectivity index (χ2v) is 2.71. The summed E-state index contributed by atoms with van der Waals surface area (Å²) in [5, 5.41) is 15.6. The van der Waals surface area contributed by atoms with Gasteiger partial charge in [-0.2, -0.15) is 0 Å². The Morgan fingerprint density at radius 3 is 3.00 bits per heavy atom. The topological polar surface area (TPSA) is 98.4 Å². The number of nitrogens with one attached hydrogen (secondary N) is 3. The molecule has 7 heteroatoms. The summed E-state index contributed by atoms with van der Waals surface area (Å²) in [6.45, 7) is -0.0160. The van der Waals surface area contributed by atoms with Gasteiger partial charge in [-0.3, -0.25) is 20.2 Å². The first kappa shape index (κ1) is 10.9. The van der Waals surface area contributed by atoms with Crippen molar-refractivity contribution in [3.63, 3.8) is 0 Å². The molecule has 1 heterocycles. The highest BCUT2D eigenvalue weighted by Crippen LogP contribution is 2.16. The van der Waals surface area contributed by atoms with E-state index in [0.717, 1.165) is 0 Å². The summed E-state index contributed by atoms with van der Waals surface area (Å²) < 4.78 is 0. The summed E-state index contributed by atoms with van der Waals surface area (Å²) in [5.74, 6) is -0.0346. The molecule has 0 aromatic carbocycles. The number of anilines is 1. The zero-order valence-electron chi connectivity index (χ0n) is 8.11. The fraction of sp³-hybridized carbons (Fsp3) is 0.250. The van der Waals surface area contributed by atoms with E-state index in [-0.39, 0.29) is 24.0 Å². The SMILES string of the molecule is CNC(=O)CNc1[nH+]cccc1[N+](=O)[O-]. The second kappa shape index (κ2) is 4.89. The minimum absolute atomic E-state index is 0.0160. The normalized spacial score (nSPS) is 9.40. The van der Waals surface area contributed by atoms with Crippen molar-refractivity contribution in [2.24, 2.45) is 0 Å². The minimum atomic E-state index is -0.525. The van der Waals surface area contributed by atoms with Crippen LogP contribution in [0.15, 0.2) is 18.3 Å². The predicted molar refractivity (Wildman–Crippen MR) is 52.2 cm³/mol. The molecule has 0 saturated carbocycles. The van der Waals surface area contributed by atoms with Gasteiger partial charge in [0.2, 0.25) is 0 Å². The Hall–Kier alpha value is -2.18. The number of aromatic amines is 1. The summed E-state index contributed by atoms with van der Waals surface area (Å²) in [4.78, 5) is 23.6. The molecule has 0 saturated heterocycles. The van der Waals surface area contributed by atoms with E-state index in [1.807, 2.05) is 0 Å². The second-order valence-electron chi connectivity index (χ2n) is 2.71. The summed E-state index contributed by atoms with van der Waals surface area (Å²) in [6, 6.07) is 2.87. The Morgan fingerprint density at radius 1 is 1.67 bits per heavy atom. The highest BCUT2D eigenvalue weighted by atomic mass is 16.6. The quantitative estimate of drug-likeness (QED) is 0.521. The average Bonchev–Trinajstić information content (AvgIpc) is 2.26. The van der Waals surface area contributed by atoms with Crippen LogP contribution < -0.4 is 15.6 Å². The molecule has 7 nitrogen and oxygen atoms in total. The first-order chi connectivity index (χ1) is 7.15. The average molecular weight is 211 g/mol. The van der Waals surface area contributed by atoms with Gasteiger partial charge in [-0.15, -0.1) is 0 Å². The van der Waals surface area contributed by atoms with Gasteiger partial charge in [-0.25, -0.2) is 4.98 Å². The van der Waals surface area contributed by atoms with Crippen molar-refractivity contribution in [1.29, 1.82) is 0 Å². The maximum Gasteiger partial charge on any atom is 0.357 e. The Labute approximate surface area is 85.7 Å². The molecule has 0 spiro atoms. The number of carbonyl (C=O) groups excluding carboxylic acids is 1. The van der Waals surface area contributed by atoms with Crippen LogP contribution in [-0.2, 0) is 4.79 Å². The molecule has 0 aliphatic carbocycles. The third-order valence-electron chi connectivity index (χ3n) is 1.74. The maximum atomic E-state index is 10.9. The molecule has 0 unspecified atom stereocenters. The van der Waals surface area contributed by atoms with Gasteiger partial charge in [-0.1, -0.05) is 0 Å². The zero-order chi connectivity index (χ0) is 11.3. The monoisotopic (exact) mass is 211 g/mol. The van der Waals surface area contributed by atoms with Gasteiger partial charge >= 0.3 is 11.5 Å². The van der Waals surface area contributed by atoms with Gasteiger partial charge in [0.15, 0.2) is 6.54 Å². The molecule has 1 amide bonds. The molecule has 3 N–H and O–H groups in total. The molecule has 0 aliphatic rings. The molecular weight excluding hydrogens is 200 g/mol. The lowest BCUT2D eigenvalue weighted by molar-refractivity contribution is -0.409. The van der Waals surface area contributed by atoms with Crippen molar-refractivity contribution < 1.29 is 14.7 Å². The molecule has 0 bridgehead atoms. The molecule has 0 atom stereocenters. The van der Waals surface area contributed by atoms with E-state index in [0.29, 0.717) is 0 Å². The lowest BCUT2D eigenvalue weighted by Gasteiger charge is -1.98. The number of nitrogens with zero attached hydrogens (tertiary/aromatic N) is 1. The van der Waals surface area contributed by atoms with Crippen molar-refractivity contribution >= 4 is 17.4 Å². The fourth-order valence-corrected chi connectivity index (χ4v) is 0.979. The lowest BCUT2D eigenvalue weighted by Crippen LogP contribution is -2.28. The van der Waals surface area contributed by atoms with Crippen LogP contribution >= 0.6 is 0 Å². The molecule has 1 rings (SSSR count). The van der Waals surface area contributed by atoms with Crippen LogP contribution in [-0.4, -0.2) is 24.4 Å². The largest absolute Gasteiger partial charge is 0.357 e. The van der Waals surface area contributed by atoms with Crippen LogP contribution in [0.5, 0.6) is 0 Å². The predicted octanol–water partition coefficient (Wildman–Crippen LogP) is -0.433. The van der Waals surface area contributed by atoms with Gasteiger partial charge in [0, 0.05) is 13.1 Å². The number of pyridine rings is 1. The summed E-state index contributed by atoms with van der Waals surface area (Å²) in [5.41, 5.74) is -0.0959. The summed E-state index contributed by atoms with van der Waals surface area (Å²) >= 11 is 0. The highest BCUT2D eigenvalue weighted by molar-refractivity contribution is 5.80. The van der Waals surface area contributed by atoms with Crippen molar-refractivity contribution in [2.45, 2.75) is 0 Å². The van der Waals surface area contributed by atoms with E-state index in [1.165, 1.54) is 19.2 Å². The standard InChI is InChI=1S/C8H10N4O3/c1-9-7(13)5-11-8-6(12(14)15)3-2-4-10-8/h2-4H,5H2,1H3,(H,9,13)(H,10,11)/p+1. The van der Waals surface area contributed by atoms with Gasteiger partial charge in [0.1, 0.15) is 0 Å². The number of hydrogen-bond acceptors (Lipinski definition) is 4. The molecule has 80 valence electrons. The van der Waals surface area contributed by atoms with Crippen LogP contribution in [0.4, 0.5) is 11.5 Å². The number of hydrogen-bond donors (Lipinski definition) is 2. The zero-order valence-corrected chi connectivity index (χ0v) is 8.11. The Kier molecular flexibility index (Phi) is 3.55. The number of amides is 1. The third-order valence-corrected chi connectivity index (χ3v) is 1.74. The lowest BCUT2D eigenvalue weighted by atomic mass is 10.4. The minimum Gasteiger partial charge on any atom is -0.356 e. The van der Waals surface area contributed by atoms with E-state index < -0.39 is 4.92 Å². The van der Waals surface area contributed by atoms with Crippen LogP contribution in [0.3, 0.4) is 0 Å². The van der Waals surface area contributed by atoms with E-state index >= 15 is 0 Å². The smallest absolute Gasteiger partial charge is 0.356 e. The summed E-state index contributed by atoms with van der Waals surface area (Å²) in [6.07, 6.45) is 1.54. The maximum absolute atomic E-state index is 10.9. The van der Waals surface area contributed by atoms with Crippen LogP contribution in [0.2, 0.25) is 0 Å². The molecular formula is C8H11N4O3+. The van der Waals surface area contributed by atoms with Gasteiger partial charge < -0.3 is 5.32 Å². The number of aromatic nitrogens is 1.